The van der Waals surface area contributed by atoms with Crippen LogP contribution in [0.5, 0.6) is 5.75 Å². The van der Waals surface area contributed by atoms with Crippen molar-refractivity contribution in [3.05, 3.63) is 74.6 Å². The van der Waals surface area contributed by atoms with Crippen LogP contribution >= 0.6 is 27.3 Å². The van der Waals surface area contributed by atoms with Crippen molar-refractivity contribution in [2.75, 3.05) is 6.54 Å². The second-order valence-corrected chi connectivity index (χ2v) is 10.2. The topological polar surface area (TPSA) is 49.7 Å². The molecule has 1 N–H and O–H groups in total. The van der Waals surface area contributed by atoms with Crippen LogP contribution in [0.4, 0.5) is 0 Å². The monoisotopic (exact) mass is 483 g/mol. The Morgan fingerprint density at radius 3 is 2.40 bits per heavy atom. The van der Waals surface area contributed by atoms with Crippen molar-refractivity contribution in [1.29, 1.82) is 0 Å². The van der Waals surface area contributed by atoms with Gasteiger partial charge in [-0.1, -0.05) is 73.1 Å². The number of Topliss-reactive ketones (excluding diaryl/α,β-unsaturated/α-hetero) is 1. The average molecular weight is 484 g/mol. The summed E-state index contributed by atoms with van der Waals surface area (Å²) in [7, 11) is 0. The zero-order chi connectivity index (χ0) is 22.1. The van der Waals surface area contributed by atoms with Crippen LogP contribution in [0.25, 0.3) is 10.4 Å². The normalized spacial score (nSPS) is 12.3. The number of carbonyl (C=O) groups is 1. The molecular weight excluding hydrogens is 458 g/mol. The number of hydrogen-bond acceptors (Lipinski definition) is 4. The number of halogens is 1. The third-order valence-electron chi connectivity index (χ3n) is 5.12. The number of benzene rings is 2. The number of nitrogens with zero attached hydrogens (tertiary/aromatic N) is 1. The maximum atomic E-state index is 12.5. The number of aromatic hydroxyl groups is 1. The van der Waals surface area contributed by atoms with E-state index in [2.05, 4.69) is 53.8 Å². The molecule has 0 aliphatic carbocycles. The van der Waals surface area contributed by atoms with Crippen molar-refractivity contribution in [2.45, 2.75) is 40.0 Å². The maximum Gasteiger partial charge on any atom is 0.184 e. The number of thiophene rings is 1. The van der Waals surface area contributed by atoms with Crippen LogP contribution in [0.15, 0.2) is 57.3 Å². The van der Waals surface area contributed by atoms with Crippen LogP contribution in [-0.4, -0.2) is 23.1 Å². The Labute approximate surface area is 190 Å². The van der Waals surface area contributed by atoms with Gasteiger partial charge in [0, 0.05) is 26.7 Å². The van der Waals surface area contributed by atoms with Crippen molar-refractivity contribution < 1.29 is 9.90 Å². The highest BCUT2D eigenvalue weighted by Gasteiger charge is 2.17. The first-order chi connectivity index (χ1) is 14.1. The van der Waals surface area contributed by atoms with Gasteiger partial charge in [-0.3, -0.25) is 9.79 Å². The number of rotatable bonds is 5. The molecule has 1 aromatic heterocycles. The lowest BCUT2D eigenvalue weighted by Crippen LogP contribution is -2.10. The van der Waals surface area contributed by atoms with Gasteiger partial charge in [-0.05, 0) is 42.0 Å². The van der Waals surface area contributed by atoms with Crippen LogP contribution in [0.1, 0.15) is 54.7 Å². The minimum Gasteiger partial charge on any atom is -0.506 e. The van der Waals surface area contributed by atoms with Gasteiger partial charge in [0.05, 0.1) is 4.88 Å². The number of ketones is 1. The van der Waals surface area contributed by atoms with Gasteiger partial charge in [-0.15, -0.1) is 11.3 Å². The molecule has 156 valence electrons. The van der Waals surface area contributed by atoms with Gasteiger partial charge < -0.3 is 5.11 Å². The van der Waals surface area contributed by atoms with Crippen molar-refractivity contribution in [2.24, 2.45) is 4.99 Å². The molecule has 30 heavy (non-hydrogen) atoms. The second-order valence-electron chi connectivity index (χ2n) is 8.44. The standard InChI is InChI=1S/C25H26BrNO2S/c1-15-6-7-18(12-21(15)26)22(28)13-27-16(2)20-14-30-24(23(20)29)17-8-10-19(11-9-17)25(3,4)5/h6-12,14,29H,13H2,1-5H3. The van der Waals surface area contributed by atoms with E-state index in [0.29, 0.717) is 16.8 Å². The van der Waals surface area contributed by atoms with Gasteiger partial charge in [-0.2, -0.15) is 0 Å². The lowest BCUT2D eigenvalue weighted by molar-refractivity contribution is 0.100. The predicted molar refractivity (Wildman–Crippen MR) is 130 cm³/mol. The van der Waals surface area contributed by atoms with E-state index in [-0.39, 0.29) is 23.5 Å². The third-order valence-corrected chi connectivity index (χ3v) is 6.99. The summed E-state index contributed by atoms with van der Waals surface area (Å²) < 4.78 is 0.909. The van der Waals surface area contributed by atoms with Gasteiger partial charge in [0.2, 0.25) is 0 Å². The summed E-state index contributed by atoms with van der Waals surface area (Å²) >= 11 is 4.94. The van der Waals surface area contributed by atoms with E-state index in [1.807, 2.05) is 49.6 Å². The zero-order valence-corrected chi connectivity index (χ0v) is 20.3. The van der Waals surface area contributed by atoms with Gasteiger partial charge >= 0.3 is 0 Å². The van der Waals surface area contributed by atoms with E-state index in [1.54, 1.807) is 0 Å². The molecule has 0 saturated carbocycles. The fraction of sp³-hybridized carbons (Fsp3) is 0.280. The lowest BCUT2D eigenvalue weighted by atomic mass is 9.86. The van der Waals surface area contributed by atoms with E-state index in [1.165, 1.54) is 16.9 Å². The van der Waals surface area contributed by atoms with E-state index in [0.717, 1.165) is 20.5 Å². The molecule has 0 fully saturated rings. The molecule has 3 rings (SSSR count). The second kappa shape index (κ2) is 8.86. The number of aryl methyl sites for hydroxylation is 1. The molecule has 0 amide bonds. The fourth-order valence-electron chi connectivity index (χ4n) is 3.07. The Kier molecular flexibility index (Phi) is 6.63. The summed E-state index contributed by atoms with van der Waals surface area (Å²) in [5.41, 5.74) is 5.35. The molecule has 0 unspecified atom stereocenters. The largest absolute Gasteiger partial charge is 0.506 e. The van der Waals surface area contributed by atoms with Crippen LogP contribution in [0.2, 0.25) is 0 Å². The van der Waals surface area contributed by atoms with Crippen molar-refractivity contribution in [3.63, 3.8) is 0 Å². The van der Waals surface area contributed by atoms with Crippen LogP contribution < -0.4 is 0 Å². The summed E-state index contributed by atoms with van der Waals surface area (Å²) in [6.45, 7) is 10.4. The van der Waals surface area contributed by atoms with E-state index < -0.39 is 0 Å². The zero-order valence-electron chi connectivity index (χ0n) is 17.9. The maximum absolute atomic E-state index is 12.5. The molecule has 2 aromatic carbocycles. The average Bonchev–Trinajstić information content (AvgIpc) is 3.08. The minimum atomic E-state index is -0.0530. The molecule has 0 bridgehead atoms. The summed E-state index contributed by atoms with van der Waals surface area (Å²) in [4.78, 5) is 17.7. The molecule has 3 nitrogen and oxygen atoms in total. The van der Waals surface area contributed by atoms with Crippen LogP contribution in [-0.2, 0) is 5.41 Å². The summed E-state index contributed by atoms with van der Waals surface area (Å²) in [5.74, 6) is 0.165. The molecular formula is C25H26BrNO2S. The molecule has 0 atom stereocenters. The smallest absolute Gasteiger partial charge is 0.184 e. The Bertz CT molecular complexity index is 1110. The fourth-order valence-corrected chi connectivity index (χ4v) is 4.46. The Hall–Kier alpha value is -2.24. The SMILES string of the molecule is CC(=NCC(=O)c1ccc(C)c(Br)c1)c1csc(-c2ccc(C(C)(C)C)cc2)c1O. The van der Waals surface area contributed by atoms with Gasteiger partial charge in [0.15, 0.2) is 5.78 Å². The predicted octanol–water partition coefficient (Wildman–Crippen LogP) is 7.18. The first-order valence-corrected chi connectivity index (χ1v) is 11.5. The Morgan fingerprint density at radius 2 is 1.80 bits per heavy atom. The number of carbonyl (C=O) groups excluding carboxylic acids is 1. The summed E-state index contributed by atoms with van der Waals surface area (Å²) in [6, 6.07) is 13.8. The quantitative estimate of drug-likeness (QED) is 0.308. The Morgan fingerprint density at radius 1 is 1.13 bits per heavy atom. The highest BCUT2D eigenvalue weighted by Crippen LogP contribution is 2.39. The molecule has 0 spiro atoms. The highest BCUT2D eigenvalue weighted by atomic mass is 79.9. The van der Waals surface area contributed by atoms with E-state index in [4.69, 9.17) is 0 Å². The minimum absolute atomic E-state index is 0.0479. The lowest BCUT2D eigenvalue weighted by Gasteiger charge is -2.19. The summed E-state index contributed by atoms with van der Waals surface area (Å²) in [5, 5.41) is 12.7. The third kappa shape index (κ3) is 4.90. The van der Waals surface area contributed by atoms with Crippen molar-refractivity contribution in [3.8, 4) is 16.2 Å². The van der Waals surface area contributed by atoms with E-state index in [9.17, 15) is 9.90 Å². The number of hydrogen-bond donors (Lipinski definition) is 1. The molecule has 0 saturated heterocycles. The van der Waals surface area contributed by atoms with Gasteiger partial charge in [0.25, 0.3) is 0 Å². The molecule has 0 radical (unpaired) electrons. The van der Waals surface area contributed by atoms with Crippen LogP contribution in [0.3, 0.4) is 0 Å². The Balaban J connectivity index is 1.79. The van der Waals surface area contributed by atoms with Gasteiger partial charge in [0.1, 0.15) is 12.3 Å². The first-order valence-electron chi connectivity index (χ1n) is 9.80. The molecule has 5 heteroatoms. The van der Waals surface area contributed by atoms with Crippen molar-refractivity contribution in [1.82, 2.24) is 0 Å². The highest BCUT2D eigenvalue weighted by molar-refractivity contribution is 9.10. The van der Waals surface area contributed by atoms with Crippen LogP contribution in [0, 0.1) is 6.92 Å². The number of aliphatic imine (C=N–C) groups is 1. The molecule has 0 aliphatic heterocycles. The van der Waals surface area contributed by atoms with Crippen molar-refractivity contribution >= 4 is 38.8 Å². The first kappa shape index (κ1) is 22.4. The molecule has 1 heterocycles. The molecule has 3 aromatic rings. The summed E-state index contributed by atoms with van der Waals surface area (Å²) in [6.07, 6.45) is 0. The van der Waals surface area contributed by atoms with E-state index >= 15 is 0 Å². The van der Waals surface area contributed by atoms with Gasteiger partial charge in [-0.25, -0.2) is 0 Å². The molecule has 0 aliphatic rings.